The van der Waals surface area contributed by atoms with Crippen LogP contribution in [-0.4, -0.2) is 14.2 Å². The zero-order valence-corrected chi connectivity index (χ0v) is 11.6. The van der Waals surface area contributed by atoms with E-state index in [1.807, 2.05) is 18.2 Å². The van der Waals surface area contributed by atoms with Crippen LogP contribution in [0, 0.1) is 6.10 Å². The second-order valence-corrected chi connectivity index (χ2v) is 2.19. The van der Waals surface area contributed by atoms with Crippen LogP contribution >= 0.6 is 0 Å². The number of ether oxygens (including phenoxy) is 2. The first kappa shape index (κ1) is 15.4. The molecular weight excluding hydrogens is 241 g/mol. The zero-order chi connectivity index (χ0) is 8.27. The third kappa shape index (κ3) is 4.08. The minimum atomic E-state index is 0. The standard InChI is InChI=1S/C9H11O2.ClH.Zn/c1-7-4-5-8(10-2)9(6-7)11-3;;/h4-6H,1H2,2-3H3;1H;/p-1. The van der Waals surface area contributed by atoms with Crippen LogP contribution < -0.4 is 12.4 Å². The summed E-state index contributed by atoms with van der Waals surface area (Å²) in [6.07, 6.45) is 6.28. The Morgan fingerprint density at radius 1 is 1.15 bits per heavy atom. The van der Waals surface area contributed by atoms with Gasteiger partial charge >= 0.3 is 0 Å². The summed E-state index contributed by atoms with van der Waals surface area (Å²) in [4.78, 5) is 0. The Bertz CT molecular complexity index is 224. The second-order valence-electron chi connectivity index (χ2n) is 2.19. The molecule has 1 radical (unpaired) electrons. The summed E-state index contributed by atoms with van der Waals surface area (Å²) in [7, 11) is 3.22. The van der Waals surface area contributed by atoms with Crippen molar-refractivity contribution >= 4 is 0 Å². The molecule has 0 aromatic rings. The van der Waals surface area contributed by atoms with E-state index in [1.165, 1.54) is 0 Å². The van der Waals surface area contributed by atoms with Gasteiger partial charge in [-0.3, -0.25) is 0 Å². The number of halogens is 1. The van der Waals surface area contributed by atoms with Crippen molar-refractivity contribution in [3.05, 3.63) is 42.2 Å². The van der Waals surface area contributed by atoms with Gasteiger partial charge in [0.2, 0.25) is 0 Å². The van der Waals surface area contributed by atoms with Gasteiger partial charge in [0.05, 0.1) is 7.11 Å². The van der Waals surface area contributed by atoms with Crippen molar-refractivity contribution < 1.29 is 41.4 Å². The molecule has 1 rings (SSSR count). The normalized spacial score (nSPS) is 15.5. The molecule has 0 spiro atoms. The van der Waals surface area contributed by atoms with Gasteiger partial charge in [0.25, 0.3) is 0 Å². The fourth-order valence-corrected chi connectivity index (χ4v) is 0.881. The molecule has 0 aromatic heterocycles. The largest absolute Gasteiger partial charge is 1.00 e. The molecule has 0 heterocycles. The van der Waals surface area contributed by atoms with Crippen LogP contribution in [0.15, 0.2) is 36.1 Å². The van der Waals surface area contributed by atoms with E-state index >= 15 is 0 Å². The van der Waals surface area contributed by atoms with E-state index in [0.717, 1.165) is 17.4 Å². The van der Waals surface area contributed by atoms with Gasteiger partial charge in [-0.05, 0) is 17.7 Å². The van der Waals surface area contributed by atoms with Gasteiger partial charge in [0.15, 0.2) is 6.10 Å². The Morgan fingerprint density at radius 2 is 1.77 bits per heavy atom. The molecule has 0 aliphatic heterocycles. The van der Waals surface area contributed by atoms with Gasteiger partial charge in [0, 0.05) is 26.6 Å². The maximum atomic E-state index is 5.05. The number of methoxy groups -OCH3 is 2. The molecule has 0 fully saturated rings. The molecule has 0 N–H and O–H groups in total. The van der Waals surface area contributed by atoms with Gasteiger partial charge in [0.1, 0.15) is 5.76 Å². The van der Waals surface area contributed by atoms with Crippen molar-refractivity contribution in [2.75, 3.05) is 14.2 Å². The van der Waals surface area contributed by atoms with E-state index in [-0.39, 0.29) is 31.9 Å². The van der Waals surface area contributed by atoms with Crippen LogP contribution in [-0.2, 0) is 29.0 Å². The van der Waals surface area contributed by atoms with Crippen LogP contribution in [0.5, 0.6) is 0 Å². The van der Waals surface area contributed by atoms with Crippen molar-refractivity contribution in [3.63, 3.8) is 0 Å². The predicted octanol–water partition coefficient (Wildman–Crippen LogP) is -1.18. The van der Waals surface area contributed by atoms with Gasteiger partial charge in [-0.15, -0.1) is 0 Å². The Morgan fingerprint density at radius 3 is 2.23 bits per heavy atom. The minimum Gasteiger partial charge on any atom is -1.00 e. The predicted molar refractivity (Wildman–Crippen MR) is 43.6 cm³/mol. The maximum Gasteiger partial charge on any atom is 0.182 e. The van der Waals surface area contributed by atoms with E-state index in [2.05, 4.69) is 6.58 Å². The van der Waals surface area contributed by atoms with Crippen LogP contribution in [0.25, 0.3) is 0 Å². The van der Waals surface area contributed by atoms with Crippen molar-refractivity contribution in [2.45, 2.75) is 0 Å². The molecule has 0 aromatic carbocycles. The minimum absolute atomic E-state index is 0. The monoisotopic (exact) mass is 250 g/mol. The molecule has 0 saturated carbocycles. The second kappa shape index (κ2) is 7.31. The molecule has 0 saturated heterocycles. The van der Waals surface area contributed by atoms with Gasteiger partial charge in [-0.25, -0.2) is 0 Å². The fraction of sp³-hybridized carbons (Fsp3) is 0.222. The zero-order valence-electron chi connectivity index (χ0n) is 7.84. The summed E-state index contributed by atoms with van der Waals surface area (Å²) in [5, 5.41) is 0. The summed E-state index contributed by atoms with van der Waals surface area (Å²) in [5.41, 5.74) is 0.919. The molecule has 0 unspecified atom stereocenters. The molecule has 1 aliphatic rings. The van der Waals surface area contributed by atoms with Crippen molar-refractivity contribution in [3.8, 4) is 0 Å². The molecule has 13 heavy (non-hydrogen) atoms. The molecule has 69 valence electrons. The quantitative estimate of drug-likeness (QED) is 0.576. The first-order chi connectivity index (χ1) is 5.27. The van der Waals surface area contributed by atoms with E-state index < -0.39 is 0 Å². The molecule has 1 aliphatic carbocycles. The number of allylic oxidation sites excluding steroid dienone is 3. The SMILES string of the molecule is C=C1C=C[C](OC)C(OC)=C1.[Cl-].[Zn]. The Labute approximate surface area is 97.8 Å². The van der Waals surface area contributed by atoms with E-state index in [0.29, 0.717) is 0 Å². The summed E-state index contributed by atoms with van der Waals surface area (Å²) < 4.78 is 10.1. The molecule has 0 amide bonds. The Hall–Kier alpha value is -0.107. The topological polar surface area (TPSA) is 18.5 Å². The summed E-state index contributed by atoms with van der Waals surface area (Å²) in [5.74, 6) is 0.722. The van der Waals surface area contributed by atoms with Crippen LogP contribution in [0.3, 0.4) is 0 Å². The summed E-state index contributed by atoms with van der Waals surface area (Å²) >= 11 is 0. The fourth-order valence-electron chi connectivity index (χ4n) is 0.881. The Kier molecular flexibility index (Phi) is 8.64. The maximum absolute atomic E-state index is 5.05. The smallest absolute Gasteiger partial charge is 0.182 e. The molecule has 2 nitrogen and oxygen atoms in total. The van der Waals surface area contributed by atoms with Crippen molar-refractivity contribution in [1.82, 2.24) is 0 Å². The van der Waals surface area contributed by atoms with E-state index in [9.17, 15) is 0 Å². The van der Waals surface area contributed by atoms with Gasteiger partial charge < -0.3 is 21.9 Å². The van der Waals surface area contributed by atoms with Crippen LogP contribution in [0.1, 0.15) is 0 Å². The number of hydrogen-bond acceptors (Lipinski definition) is 2. The molecular formula is C9H11ClO2Zn-. The average molecular weight is 252 g/mol. The third-order valence-electron chi connectivity index (χ3n) is 1.45. The third-order valence-corrected chi connectivity index (χ3v) is 1.45. The average Bonchev–Trinajstić information content (AvgIpc) is 2.04. The van der Waals surface area contributed by atoms with Gasteiger partial charge in [-0.1, -0.05) is 12.7 Å². The first-order valence-electron chi connectivity index (χ1n) is 3.32. The molecule has 0 bridgehead atoms. The summed E-state index contributed by atoms with van der Waals surface area (Å²) in [6, 6.07) is 0. The molecule has 0 atom stereocenters. The van der Waals surface area contributed by atoms with Crippen LogP contribution in [0.4, 0.5) is 0 Å². The first-order valence-corrected chi connectivity index (χ1v) is 3.32. The van der Waals surface area contributed by atoms with E-state index in [1.54, 1.807) is 14.2 Å². The Balaban J connectivity index is 0. The van der Waals surface area contributed by atoms with Crippen molar-refractivity contribution in [2.24, 2.45) is 0 Å². The molecule has 4 heteroatoms. The van der Waals surface area contributed by atoms with E-state index in [4.69, 9.17) is 9.47 Å². The van der Waals surface area contributed by atoms with Crippen molar-refractivity contribution in [1.29, 1.82) is 0 Å². The number of rotatable bonds is 2. The van der Waals surface area contributed by atoms with Crippen LogP contribution in [0.2, 0.25) is 0 Å². The van der Waals surface area contributed by atoms with Gasteiger partial charge in [-0.2, -0.15) is 0 Å². The number of hydrogen-bond donors (Lipinski definition) is 0. The summed E-state index contributed by atoms with van der Waals surface area (Å²) in [6.45, 7) is 3.77.